The van der Waals surface area contributed by atoms with Crippen LogP contribution in [0.25, 0.3) is 0 Å². The molecule has 2 N–H and O–H groups in total. The van der Waals surface area contributed by atoms with Gasteiger partial charge in [0.2, 0.25) is 0 Å². The van der Waals surface area contributed by atoms with Gasteiger partial charge in [0.1, 0.15) is 11.6 Å². The van der Waals surface area contributed by atoms with Crippen molar-refractivity contribution < 1.29 is 8.78 Å². The molecule has 0 radical (unpaired) electrons. The van der Waals surface area contributed by atoms with Gasteiger partial charge in [-0.25, -0.2) is 8.78 Å². The molecule has 82 valence electrons. The van der Waals surface area contributed by atoms with Crippen LogP contribution in [0.3, 0.4) is 0 Å². The molecule has 15 heavy (non-hydrogen) atoms. The third kappa shape index (κ3) is 2.34. The molecule has 0 bridgehead atoms. The topological polar surface area (TPSA) is 26.0 Å². The summed E-state index contributed by atoms with van der Waals surface area (Å²) < 4.78 is 26.3. The Morgan fingerprint density at radius 2 is 2.07 bits per heavy atom. The Bertz CT molecular complexity index is 347. The van der Waals surface area contributed by atoms with Crippen LogP contribution in [0.1, 0.15) is 30.7 Å². The summed E-state index contributed by atoms with van der Waals surface area (Å²) in [6.07, 6.45) is 3.07. The number of benzene rings is 1. The molecule has 1 unspecified atom stereocenters. The summed E-state index contributed by atoms with van der Waals surface area (Å²) >= 11 is 0. The van der Waals surface area contributed by atoms with E-state index in [0.717, 1.165) is 25.3 Å². The quantitative estimate of drug-likeness (QED) is 0.814. The highest BCUT2D eigenvalue weighted by molar-refractivity contribution is 5.24. The molecule has 1 aliphatic rings. The van der Waals surface area contributed by atoms with E-state index in [1.165, 1.54) is 6.07 Å². The second-order valence-corrected chi connectivity index (χ2v) is 4.19. The van der Waals surface area contributed by atoms with Gasteiger partial charge in [0.15, 0.2) is 0 Å². The van der Waals surface area contributed by atoms with Gasteiger partial charge in [0.05, 0.1) is 0 Å². The summed E-state index contributed by atoms with van der Waals surface area (Å²) in [4.78, 5) is 0. The minimum atomic E-state index is -0.515. The maximum atomic E-state index is 13.5. The van der Waals surface area contributed by atoms with Crippen LogP contribution in [0.5, 0.6) is 0 Å². The van der Waals surface area contributed by atoms with Crippen LogP contribution >= 0.6 is 0 Å². The molecule has 0 spiro atoms. The van der Waals surface area contributed by atoms with Crippen molar-refractivity contribution in [2.24, 2.45) is 11.7 Å². The van der Waals surface area contributed by atoms with E-state index in [2.05, 4.69) is 0 Å². The highest BCUT2D eigenvalue weighted by Crippen LogP contribution is 2.44. The van der Waals surface area contributed by atoms with E-state index in [1.54, 1.807) is 6.07 Å². The zero-order valence-electron chi connectivity index (χ0n) is 8.55. The molecule has 1 atom stereocenters. The Morgan fingerprint density at radius 3 is 2.60 bits per heavy atom. The van der Waals surface area contributed by atoms with Crippen LogP contribution in [0, 0.1) is 17.6 Å². The Balaban J connectivity index is 2.24. The van der Waals surface area contributed by atoms with Crippen molar-refractivity contribution in [2.75, 3.05) is 6.54 Å². The van der Waals surface area contributed by atoms with Crippen LogP contribution in [-0.4, -0.2) is 6.54 Å². The van der Waals surface area contributed by atoms with Gasteiger partial charge in [-0.05, 0) is 49.3 Å². The van der Waals surface area contributed by atoms with E-state index < -0.39 is 11.6 Å². The van der Waals surface area contributed by atoms with Crippen molar-refractivity contribution in [2.45, 2.75) is 25.2 Å². The molecule has 1 aliphatic carbocycles. The molecule has 1 aromatic rings. The first-order valence-corrected chi connectivity index (χ1v) is 5.37. The van der Waals surface area contributed by atoms with E-state index >= 15 is 0 Å². The maximum absolute atomic E-state index is 13.5. The molecule has 0 aliphatic heterocycles. The summed E-state index contributed by atoms with van der Waals surface area (Å²) in [5, 5.41) is 0. The predicted octanol–water partition coefficient (Wildman–Crippen LogP) is 2.81. The van der Waals surface area contributed by atoms with Crippen molar-refractivity contribution in [1.29, 1.82) is 0 Å². The van der Waals surface area contributed by atoms with Crippen molar-refractivity contribution in [3.8, 4) is 0 Å². The highest BCUT2D eigenvalue weighted by atomic mass is 19.1. The fourth-order valence-electron chi connectivity index (χ4n) is 2.13. The summed E-state index contributed by atoms with van der Waals surface area (Å²) in [6.45, 7) is 0.554. The Kier molecular flexibility index (Phi) is 3.00. The Labute approximate surface area is 88.3 Å². The maximum Gasteiger partial charge on any atom is 0.129 e. The van der Waals surface area contributed by atoms with Crippen LogP contribution in [0.2, 0.25) is 0 Å². The molecule has 0 amide bonds. The SMILES string of the molecule is NCCC(c1ccc(F)cc1F)C1CC1. The molecule has 1 nitrogen and oxygen atoms in total. The average Bonchev–Trinajstić information content (AvgIpc) is 2.98. The molecular formula is C12H15F2N. The predicted molar refractivity (Wildman–Crippen MR) is 55.5 cm³/mol. The number of hydrogen-bond acceptors (Lipinski definition) is 1. The van der Waals surface area contributed by atoms with Crippen molar-refractivity contribution in [3.05, 3.63) is 35.4 Å². The summed E-state index contributed by atoms with van der Waals surface area (Å²) in [6, 6.07) is 3.84. The van der Waals surface area contributed by atoms with E-state index in [9.17, 15) is 8.78 Å². The van der Waals surface area contributed by atoms with Gasteiger partial charge in [-0.15, -0.1) is 0 Å². The molecule has 1 fully saturated rings. The standard InChI is InChI=1S/C12H15F2N/c13-9-3-4-11(12(14)7-9)10(5-6-15)8-1-2-8/h3-4,7-8,10H,1-2,5-6,15H2. The number of hydrogen-bond donors (Lipinski definition) is 1. The molecule has 0 heterocycles. The van der Waals surface area contributed by atoms with Crippen LogP contribution < -0.4 is 5.73 Å². The smallest absolute Gasteiger partial charge is 0.129 e. The first-order chi connectivity index (χ1) is 7.22. The lowest BCUT2D eigenvalue weighted by Crippen LogP contribution is -2.10. The Morgan fingerprint density at radius 1 is 1.33 bits per heavy atom. The number of nitrogens with two attached hydrogens (primary N) is 1. The first-order valence-electron chi connectivity index (χ1n) is 5.37. The lowest BCUT2D eigenvalue weighted by Gasteiger charge is -2.16. The fraction of sp³-hybridized carbons (Fsp3) is 0.500. The Hall–Kier alpha value is -0.960. The van der Waals surface area contributed by atoms with Gasteiger partial charge in [0, 0.05) is 6.07 Å². The van der Waals surface area contributed by atoms with Crippen molar-refractivity contribution >= 4 is 0 Å². The second kappa shape index (κ2) is 4.27. The van der Waals surface area contributed by atoms with E-state index in [-0.39, 0.29) is 5.92 Å². The molecule has 0 saturated heterocycles. The second-order valence-electron chi connectivity index (χ2n) is 4.19. The van der Waals surface area contributed by atoms with Crippen LogP contribution in [0.15, 0.2) is 18.2 Å². The lowest BCUT2D eigenvalue weighted by atomic mass is 9.90. The van der Waals surface area contributed by atoms with Gasteiger partial charge >= 0.3 is 0 Å². The van der Waals surface area contributed by atoms with E-state index in [1.807, 2.05) is 0 Å². The normalized spacial score (nSPS) is 17.8. The number of halogens is 2. The van der Waals surface area contributed by atoms with Crippen LogP contribution in [0.4, 0.5) is 8.78 Å². The summed E-state index contributed by atoms with van der Waals surface area (Å²) in [5.41, 5.74) is 6.14. The summed E-state index contributed by atoms with van der Waals surface area (Å²) in [7, 11) is 0. The molecular weight excluding hydrogens is 196 g/mol. The average molecular weight is 211 g/mol. The van der Waals surface area contributed by atoms with Gasteiger partial charge in [0.25, 0.3) is 0 Å². The molecule has 1 aromatic carbocycles. The third-order valence-corrected chi connectivity index (χ3v) is 3.03. The van der Waals surface area contributed by atoms with E-state index in [0.29, 0.717) is 18.0 Å². The summed E-state index contributed by atoms with van der Waals surface area (Å²) in [5.74, 6) is -0.219. The zero-order chi connectivity index (χ0) is 10.8. The van der Waals surface area contributed by atoms with Gasteiger partial charge < -0.3 is 5.73 Å². The largest absolute Gasteiger partial charge is 0.330 e. The minimum Gasteiger partial charge on any atom is -0.330 e. The fourth-order valence-corrected chi connectivity index (χ4v) is 2.13. The minimum absolute atomic E-state index is 0.176. The van der Waals surface area contributed by atoms with Crippen molar-refractivity contribution in [1.82, 2.24) is 0 Å². The molecule has 1 saturated carbocycles. The van der Waals surface area contributed by atoms with Gasteiger partial charge in [-0.1, -0.05) is 6.07 Å². The van der Waals surface area contributed by atoms with Gasteiger partial charge in [-0.3, -0.25) is 0 Å². The molecule has 2 rings (SSSR count). The molecule has 0 aromatic heterocycles. The number of rotatable bonds is 4. The first kappa shape index (κ1) is 10.6. The van der Waals surface area contributed by atoms with Gasteiger partial charge in [-0.2, -0.15) is 0 Å². The third-order valence-electron chi connectivity index (χ3n) is 3.03. The zero-order valence-corrected chi connectivity index (χ0v) is 8.55. The monoisotopic (exact) mass is 211 g/mol. The molecule has 3 heteroatoms. The lowest BCUT2D eigenvalue weighted by molar-refractivity contribution is 0.510. The van der Waals surface area contributed by atoms with Crippen molar-refractivity contribution in [3.63, 3.8) is 0 Å². The van der Waals surface area contributed by atoms with E-state index in [4.69, 9.17) is 5.73 Å². The van der Waals surface area contributed by atoms with Crippen LogP contribution in [-0.2, 0) is 0 Å². The highest BCUT2D eigenvalue weighted by Gasteiger charge is 2.33.